The van der Waals surface area contributed by atoms with Crippen LogP contribution in [0.1, 0.15) is 35.2 Å². The van der Waals surface area contributed by atoms with E-state index in [2.05, 4.69) is 6.92 Å². The topological polar surface area (TPSA) is 54.0 Å². The van der Waals surface area contributed by atoms with Crippen molar-refractivity contribution >= 4 is 5.97 Å². The van der Waals surface area contributed by atoms with Crippen LogP contribution in [0.2, 0.25) is 0 Å². The molecule has 1 unspecified atom stereocenters. The Hall–Kier alpha value is -2.69. The summed E-state index contributed by atoms with van der Waals surface area (Å²) in [6, 6.07) is 13.2. The maximum Gasteiger partial charge on any atom is 0.338 e. The van der Waals surface area contributed by atoms with Crippen LogP contribution in [-0.2, 0) is 4.74 Å². The van der Waals surface area contributed by atoms with Gasteiger partial charge in [0, 0.05) is 5.92 Å². The zero-order valence-electron chi connectivity index (χ0n) is 15.1. The van der Waals surface area contributed by atoms with Crippen LogP contribution in [0.4, 0.5) is 0 Å². The third-order valence-corrected chi connectivity index (χ3v) is 4.08. The lowest BCUT2D eigenvalue weighted by molar-refractivity contribution is 0.0476. The SMILES string of the molecule is CCC(COC(=O)c1cc(OC)c(OC)c(OC)c1)c1ccccc1. The van der Waals surface area contributed by atoms with Crippen molar-refractivity contribution < 1.29 is 23.7 Å². The summed E-state index contributed by atoms with van der Waals surface area (Å²) in [6.45, 7) is 2.39. The molecule has 0 saturated heterocycles. The van der Waals surface area contributed by atoms with Crippen molar-refractivity contribution in [3.8, 4) is 17.2 Å². The number of rotatable bonds is 8. The maximum atomic E-state index is 12.5. The third-order valence-electron chi connectivity index (χ3n) is 4.08. The molecule has 25 heavy (non-hydrogen) atoms. The summed E-state index contributed by atoms with van der Waals surface area (Å²) in [5.74, 6) is 1.02. The van der Waals surface area contributed by atoms with Crippen LogP contribution in [0.3, 0.4) is 0 Å². The van der Waals surface area contributed by atoms with Crippen LogP contribution in [-0.4, -0.2) is 33.9 Å². The minimum atomic E-state index is -0.423. The summed E-state index contributed by atoms with van der Waals surface area (Å²) in [7, 11) is 4.54. The minimum Gasteiger partial charge on any atom is -0.493 e. The first-order valence-electron chi connectivity index (χ1n) is 8.16. The van der Waals surface area contributed by atoms with Gasteiger partial charge in [0.25, 0.3) is 0 Å². The van der Waals surface area contributed by atoms with Gasteiger partial charge in [0.15, 0.2) is 11.5 Å². The van der Waals surface area contributed by atoms with E-state index in [4.69, 9.17) is 18.9 Å². The van der Waals surface area contributed by atoms with Crippen molar-refractivity contribution in [2.45, 2.75) is 19.3 Å². The van der Waals surface area contributed by atoms with Crippen molar-refractivity contribution in [1.29, 1.82) is 0 Å². The number of hydrogen-bond donors (Lipinski definition) is 0. The van der Waals surface area contributed by atoms with Gasteiger partial charge in [0.05, 0.1) is 33.5 Å². The monoisotopic (exact) mass is 344 g/mol. The van der Waals surface area contributed by atoms with Gasteiger partial charge in [-0.1, -0.05) is 37.3 Å². The summed E-state index contributed by atoms with van der Waals surface area (Å²) in [5, 5.41) is 0. The number of esters is 1. The fourth-order valence-electron chi connectivity index (χ4n) is 2.63. The molecule has 0 radical (unpaired) electrons. The van der Waals surface area contributed by atoms with Crippen LogP contribution in [0.25, 0.3) is 0 Å². The number of methoxy groups -OCH3 is 3. The normalized spacial score (nSPS) is 11.5. The van der Waals surface area contributed by atoms with Gasteiger partial charge in [0.2, 0.25) is 5.75 Å². The molecular weight excluding hydrogens is 320 g/mol. The molecule has 0 bridgehead atoms. The molecule has 0 aliphatic heterocycles. The van der Waals surface area contributed by atoms with Crippen molar-refractivity contribution in [2.75, 3.05) is 27.9 Å². The zero-order valence-corrected chi connectivity index (χ0v) is 15.1. The average molecular weight is 344 g/mol. The van der Waals surface area contributed by atoms with Crippen LogP contribution < -0.4 is 14.2 Å². The Labute approximate surface area is 148 Å². The Bertz CT molecular complexity index is 671. The predicted octanol–water partition coefficient (Wildman–Crippen LogP) is 4.06. The second-order valence-corrected chi connectivity index (χ2v) is 5.53. The maximum absolute atomic E-state index is 12.5. The second kappa shape index (κ2) is 8.97. The molecule has 0 heterocycles. The Balaban J connectivity index is 2.15. The number of benzene rings is 2. The molecule has 0 aromatic heterocycles. The van der Waals surface area contributed by atoms with E-state index in [-0.39, 0.29) is 5.92 Å². The van der Waals surface area contributed by atoms with E-state index in [0.717, 1.165) is 12.0 Å². The molecule has 5 heteroatoms. The number of carbonyl (C=O) groups is 1. The lowest BCUT2D eigenvalue weighted by Gasteiger charge is -2.17. The van der Waals surface area contributed by atoms with Crippen LogP contribution in [0.5, 0.6) is 17.2 Å². The summed E-state index contributed by atoms with van der Waals surface area (Å²) >= 11 is 0. The highest BCUT2D eigenvalue weighted by Gasteiger charge is 2.19. The molecule has 2 rings (SSSR count). The molecule has 0 amide bonds. The van der Waals surface area contributed by atoms with E-state index < -0.39 is 5.97 Å². The number of hydrogen-bond acceptors (Lipinski definition) is 5. The molecule has 5 nitrogen and oxygen atoms in total. The molecule has 0 spiro atoms. The highest BCUT2D eigenvalue weighted by molar-refractivity contribution is 5.91. The molecule has 0 saturated carbocycles. The Morgan fingerprint density at radius 1 is 0.960 bits per heavy atom. The molecule has 1 atom stereocenters. The van der Waals surface area contributed by atoms with Gasteiger partial charge >= 0.3 is 5.97 Å². The lowest BCUT2D eigenvalue weighted by atomic mass is 9.97. The van der Waals surface area contributed by atoms with Gasteiger partial charge in [-0.15, -0.1) is 0 Å². The number of ether oxygens (including phenoxy) is 4. The van der Waals surface area contributed by atoms with E-state index in [0.29, 0.717) is 29.4 Å². The lowest BCUT2D eigenvalue weighted by Crippen LogP contribution is -2.13. The molecule has 0 fully saturated rings. The summed E-state index contributed by atoms with van der Waals surface area (Å²) in [5.41, 5.74) is 1.51. The van der Waals surface area contributed by atoms with Crippen LogP contribution in [0.15, 0.2) is 42.5 Å². The molecule has 2 aromatic carbocycles. The second-order valence-electron chi connectivity index (χ2n) is 5.53. The standard InChI is InChI=1S/C20H24O5/c1-5-14(15-9-7-6-8-10-15)13-25-20(21)16-11-17(22-2)19(24-4)18(12-16)23-3/h6-12,14H,5,13H2,1-4H3. The Morgan fingerprint density at radius 3 is 2.04 bits per heavy atom. The molecule has 0 aliphatic rings. The van der Waals surface area contributed by atoms with E-state index in [1.807, 2.05) is 30.3 Å². The summed E-state index contributed by atoms with van der Waals surface area (Å²) < 4.78 is 21.3. The smallest absolute Gasteiger partial charge is 0.338 e. The molecule has 2 aromatic rings. The van der Waals surface area contributed by atoms with E-state index in [1.54, 1.807) is 12.1 Å². The largest absolute Gasteiger partial charge is 0.493 e. The van der Waals surface area contributed by atoms with Crippen molar-refractivity contribution in [3.63, 3.8) is 0 Å². The first-order valence-corrected chi connectivity index (χ1v) is 8.16. The average Bonchev–Trinajstić information content (AvgIpc) is 2.67. The van der Waals surface area contributed by atoms with Crippen molar-refractivity contribution in [2.24, 2.45) is 0 Å². The minimum absolute atomic E-state index is 0.159. The van der Waals surface area contributed by atoms with E-state index in [1.165, 1.54) is 21.3 Å². The first kappa shape index (κ1) is 18.6. The summed E-state index contributed by atoms with van der Waals surface area (Å²) in [6.07, 6.45) is 0.881. The van der Waals surface area contributed by atoms with Crippen molar-refractivity contribution in [3.05, 3.63) is 53.6 Å². The van der Waals surface area contributed by atoms with Gasteiger partial charge < -0.3 is 18.9 Å². The van der Waals surface area contributed by atoms with Gasteiger partial charge in [-0.05, 0) is 24.1 Å². The quantitative estimate of drug-likeness (QED) is 0.676. The van der Waals surface area contributed by atoms with Gasteiger partial charge in [0.1, 0.15) is 0 Å². The van der Waals surface area contributed by atoms with Crippen LogP contribution >= 0.6 is 0 Å². The third kappa shape index (κ3) is 4.44. The fourth-order valence-corrected chi connectivity index (χ4v) is 2.63. The van der Waals surface area contributed by atoms with E-state index in [9.17, 15) is 4.79 Å². The van der Waals surface area contributed by atoms with E-state index >= 15 is 0 Å². The van der Waals surface area contributed by atoms with Crippen molar-refractivity contribution in [1.82, 2.24) is 0 Å². The van der Waals surface area contributed by atoms with Gasteiger partial charge in [-0.3, -0.25) is 0 Å². The summed E-state index contributed by atoms with van der Waals surface area (Å²) in [4.78, 5) is 12.5. The zero-order chi connectivity index (χ0) is 18.2. The molecular formula is C20H24O5. The highest BCUT2D eigenvalue weighted by Crippen LogP contribution is 2.38. The molecule has 0 aliphatic carbocycles. The van der Waals surface area contributed by atoms with Gasteiger partial charge in [-0.2, -0.15) is 0 Å². The Morgan fingerprint density at radius 2 is 1.56 bits per heavy atom. The Kier molecular flexibility index (Phi) is 6.69. The number of carbonyl (C=O) groups excluding carboxylic acids is 1. The molecule has 0 N–H and O–H groups in total. The highest BCUT2D eigenvalue weighted by atomic mass is 16.5. The van der Waals surface area contributed by atoms with Crippen LogP contribution in [0, 0.1) is 0 Å². The predicted molar refractivity (Wildman–Crippen MR) is 95.9 cm³/mol. The fraction of sp³-hybridized carbons (Fsp3) is 0.350. The van der Waals surface area contributed by atoms with Gasteiger partial charge in [-0.25, -0.2) is 4.79 Å². The first-order chi connectivity index (χ1) is 12.1. The molecule has 134 valence electrons.